The predicted octanol–water partition coefficient (Wildman–Crippen LogP) is 5.13. The van der Waals surface area contributed by atoms with E-state index in [2.05, 4.69) is 0 Å². The van der Waals surface area contributed by atoms with Gasteiger partial charge in [0.25, 0.3) is 0 Å². The van der Waals surface area contributed by atoms with Crippen molar-refractivity contribution in [1.29, 1.82) is 5.26 Å². The van der Waals surface area contributed by atoms with Crippen molar-refractivity contribution in [3.8, 4) is 17.6 Å². The van der Waals surface area contributed by atoms with Gasteiger partial charge in [-0.15, -0.1) is 0 Å². The van der Waals surface area contributed by atoms with E-state index in [0.717, 1.165) is 6.42 Å². The maximum atomic E-state index is 12.8. The number of ether oxygens (including phenoxy) is 2. The largest absolute Gasteiger partial charge is 0.493 e. The number of allylic oxidation sites excluding steroid dienone is 1. The number of halogens is 2. The Morgan fingerprint density at radius 3 is 2.56 bits per heavy atom. The Hall–Kier alpha value is -2.20. The van der Waals surface area contributed by atoms with Crippen LogP contribution in [0.15, 0.2) is 46.2 Å². The Balaban J connectivity index is 2.49. The van der Waals surface area contributed by atoms with Crippen LogP contribution in [0.5, 0.6) is 11.5 Å². The van der Waals surface area contributed by atoms with Gasteiger partial charge in [-0.3, -0.25) is 0 Å². The van der Waals surface area contributed by atoms with Crippen LogP contribution >= 0.6 is 23.2 Å². The number of hydrogen-bond donors (Lipinski definition) is 0. The summed E-state index contributed by atoms with van der Waals surface area (Å²) in [5, 5.41) is 9.60. The molecule has 0 saturated carbocycles. The lowest BCUT2D eigenvalue weighted by Crippen LogP contribution is -2.04. The highest BCUT2D eigenvalue weighted by Gasteiger charge is 2.24. The summed E-state index contributed by atoms with van der Waals surface area (Å²) in [6.07, 6.45) is 2.08. The van der Waals surface area contributed by atoms with E-state index in [9.17, 15) is 13.7 Å². The van der Waals surface area contributed by atoms with Crippen molar-refractivity contribution in [2.45, 2.75) is 18.2 Å². The van der Waals surface area contributed by atoms with Gasteiger partial charge in [0, 0.05) is 5.02 Å². The smallest absolute Gasteiger partial charge is 0.218 e. The van der Waals surface area contributed by atoms with Gasteiger partial charge in [-0.2, -0.15) is 5.26 Å². The van der Waals surface area contributed by atoms with Crippen LogP contribution in [0.2, 0.25) is 10.0 Å². The van der Waals surface area contributed by atoms with Crippen molar-refractivity contribution in [2.75, 3.05) is 13.7 Å². The molecule has 0 aromatic heterocycles. The van der Waals surface area contributed by atoms with Gasteiger partial charge in [-0.25, -0.2) is 8.42 Å². The van der Waals surface area contributed by atoms with E-state index in [-0.39, 0.29) is 14.9 Å². The third-order valence-corrected chi connectivity index (χ3v) is 5.91. The van der Waals surface area contributed by atoms with Gasteiger partial charge in [0.1, 0.15) is 11.0 Å². The van der Waals surface area contributed by atoms with Gasteiger partial charge in [0.2, 0.25) is 9.84 Å². The molecule has 0 amide bonds. The minimum absolute atomic E-state index is 0.0126. The Morgan fingerprint density at radius 1 is 1.19 bits per heavy atom. The number of benzene rings is 2. The lowest BCUT2D eigenvalue weighted by Gasteiger charge is -2.11. The SMILES string of the molecule is CCCOc1ccc(/C=C(\C#N)S(=O)(=O)c2cc(Cl)ccc2Cl)cc1OC. The number of nitriles is 1. The monoisotopic (exact) mass is 425 g/mol. The molecule has 0 saturated heterocycles. The second kappa shape index (κ2) is 9.14. The third-order valence-electron chi connectivity index (χ3n) is 3.53. The van der Waals surface area contributed by atoms with Gasteiger partial charge in [-0.05, 0) is 48.4 Å². The van der Waals surface area contributed by atoms with Crippen LogP contribution < -0.4 is 9.47 Å². The summed E-state index contributed by atoms with van der Waals surface area (Å²) < 4.78 is 36.5. The first-order valence-electron chi connectivity index (χ1n) is 7.96. The van der Waals surface area contributed by atoms with Crippen LogP contribution in [0.4, 0.5) is 0 Å². The lowest BCUT2D eigenvalue weighted by molar-refractivity contribution is 0.294. The predicted molar refractivity (Wildman–Crippen MR) is 106 cm³/mol. The highest BCUT2D eigenvalue weighted by molar-refractivity contribution is 7.95. The molecule has 0 unspecified atom stereocenters. The van der Waals surface area contributed by atoms with E-state index in [1.165, 1.54) is 31.4 Å². The topological polar surface area (TPSA) is 76.4 Å². The van der Waals surface area contributed by atoms with Gasteiger partial charge in [0.15, 0.2) is 11.5 Å². The van der Waals surface area contributed by atoms with Crippen LogP contribution in [0, 0.1) is 11.3 Å². The first-order valence-corrected chi connectivity index (χ1v) is 10.2. The summed E-state index contributed by atoms with van der Waals surface area (Å²) in [4.78, 5) is -0.685. The van der Waals surface area contributed by atoms with Crippen LogP contribution in [-0.2, 0) is 9.84 Å². The first kappa shape index (κ1) is 21.1. The molecule has 27 heavy (non-hydrogen) atoms. The molecule has 0 radical (unpaired) electrons. The van der Waals surface area contributed by atoms with Gasteiger partial charge in [0.05, 0.1) is 23.6 Å². The van der Waals surface area contributed by atoms with Gasteiger partial charge in [-0.1, -0.05) is 36.2 Å². The van der Waals surface area contributed by atoms with Crippen molar-refractivity contribution in [3.63, 3.8) is 0 Å². The van der Waals surface area contributed by atoms with Gasteiger partial charge < -0.3 is 9.47 Å². The molecule has 2 rings (SSSR count). The molecule has 0 fully saturated rings. The van der Waals surface area contributed by atoms with Gasteiger partial charge >= 0.3 is 0 Å². The molecular weight excluding hydrogens is 409 g/mol. The zero-order valence-corrected chi connectivity index (χ0v) is 17.0. The second-order valence-electron chi connectivity index (χ2n) is 5.46. The Labute approximate surface area is 168 Å². The van der Waals surface area contributed by atoms with Crippen LogP contribution in [0.1, 0.15) is 18.9 Å². The molecule has 0 N–H and O–H groups in total. The van der Waals surface area contributed by atoms with E-state index < -0.39 is 14.7 Å². The van der Waals surface area contributed by atoms with E-state index in [1.54, 1.807) is 24.3 Å². The third kappa shape index (κ3) is 4.95. The normalized spacial score (nSPS) is 11.7. The molecular formula is C19H17Cl2NO4S. The molecule has 0 bridgehead atoms. The zero-order valence-electron chi connectivity index (χ0n) is 14.7. The van der Waals surface area contributed by atoms with E-state index in [4.69, 9.17) is 32.7 Å². The fraction of sp³-hybridized carbons (Fsp3) is 0.211. The number of hydrogen-bond acceptors (Lipinski definition) is 5. The number of rotatable bonds is 7. The minimum Gasteiger partial charge on any atom is -0.493 e. The molecule has 0 atom stereocenters. The van der Waals surface area contributed by atoms with Crippen molar-refractivity contribution >= 4 is 39.1 Å². The summed E-state index contributed by atoms with van der Waals surface area (Å²) in [5.74, 6) is 0.975. The second-order valence-corrected chi connectivity index (χ2v) is 8.19. The zero-order chi connectivity index (χ0) is 20.0. The van der Waals surface area contributed by atoms with Crippen LogP contribution in [0.3, 0.4) is 0 Å². The number of methoxy groups -OCH3 is 1. The summed E-state index contributed by atoms with van der Waals surface area (Å²) in [5.41, 5.74) is 0.467. The van der Waals surface area contributed by atoms with E-state index >= 15 is 0 Å². The molecule has 8 heteroatoms. The Bertz CT molecular complexity index is 1010. The average Bonchev–Trinajstić information content (AvgIpc) is 2.66. The highest BCUT2D eigenvalue weighted by Crippen LogP contribution is 2.32. The summed E-state index contributed by atoms with van der Waals surface area (Å²) in [7, 11) is -2.65. The van der Waals surface area contributed by atoms with E-state index in [0.29, 0.717) is 23.7 Å². The molecule has 0 aliphatic rings. The summed E-state index contributed by atoms with van der Waals surface area (Å²) in [6, 6.07) is 10.7. The maximum absolute atomic E-state index is 12.8. The molecule has 0 aliphatic heterocycles. The van der Waals surface area contributed by atoms with Crippen molar-refractivity contribution in [1.82, 2.24) is 0 Å². The fourth-order valence-corrected chi connectivity index (χ4v) is 4.14. The van der Waals surface area contributed by atoms with E-state index in [1.807, 2.05) is 6.92 Å². The first-order chi connectivity index (χ1) is 12.8. The van der Waals surface area contributed by atoms with Crippen molar-refractivity contribution in [3.05, 3.63) is 56.9 Å². The molecule has 2 aromatic carbocycles. The van der Waals surface area contributed by atoms with Crippen molar-refractivity contribution < 1.29 is 17.9 Å². The molecule has 5 nitrogen and oxygen atoms in total. The molecule has 2 aromatic rings. The fourth-order valence-electron chi connectivity index (χ4n) is 2.23. The quantitative estimate of drug-likeness (QED) is 0.574. The molecule has 0 spiro atoms. The highest BCUT2D eigenvalue weighted by atomic mass is 35.5. The van der Waals surface area contributed by atoms with Crippen LogP contribution in [-0.4, -0.2) is 22.1 Å². The maximum Gasteiger partial charge on any atom is 0.218 e. The summed E-state index contributed by atoms with van der Waals surface area (Å²) in [6.45, 7) is 2.51. The Kier molecular flexibility index (Phi) is 7.14. The average molecular weight is 426 g/mol. The lowest BCUT2D eigenvalue weighted by atomic mass is 10.2. The Morgan fingerprint density at radius 2 is 1.93 bits per heavy atom. The number of nitrogens with zero attached hydrogens (tertiary/aromatic N) is 1. The van der Waals surface area contributed by atoms with Crippen LogP contribution in [0.25, 0.3) is 6.08 Å². The molecule has 142 valence electrons. The standard InChI is InChI=1S/C19H17Cl2NO4S/c1-3-8-26-17-7-4-13(10-18(17)25-2)9-15(12-22)27(23,24)19-11-14(20)5-6-16(19)21/h4-7,9-11H,3,8H2,1-2H3/b15-9+. The molecule has 0 heterocycles. The number of sulfone groups is 1. The minimum atomic E-state index is -4.13. The molecule has 0 aliphatic carbocycles. The summed E-state index contributed by atoms with van der Waals surface area (Å²) >= 11 is 11.9. The van der Waals surface area contributed by atoms with Crippen molar-refractivity contribution in [2.24, 2.45) is 0 Å².